The van der Waals surface area contributed by atoms with E-state index in [1.165, 1.54) is 4.90 Å². The third kappa shape index (κ3) is 5.80. The second-order valence-electron chi connectivity index (χ2n) is 5.41. The minimum Gasteiger partial charge on any atom is -0.489 e. The number of carbonyl (C=O) groups is 2. The Morgan fingerprint density at radius 2 is 1.88 bits per heavy atom. The van der Waals surface area contributed by atoms with Gasteiger partial charge in [-0.2, -0.15) is 0 Å². The Morgan fingerprint density at radius 3 is 2.60 bits per heavy atom. The topological polar surface area (TPSA) is 55.8 Å². The predicted octanol–water partition coefficient (Wildman–Crippen LogP) is 3.55. The van der Waals surface area contributed by atoms with E-state index in [1.807, 2.05) is 18.2 Å². The average Bonchev–Trinajstić information content (AvgIpc) is 2.60. The Bertz CT molecular complexity index is 748. The van der Waals surface area contributed by atoms with Gasteiger partial charge in [0.25, 0.3) is 5.91 Å². The predicted molar refractivity (Wildman–Crippen MR) is 95.8 cm³/mol. The molecule has 6 heteroatoms. The summed E-state index contributed by atoms with van der Waals surface area (Å²) in [4.78, 5) is 25.2. The van der Waals surface area contributed by atoms with Crippen molar-refractivity contribution in [1.82, 2.24) is 4.90 Å². The summed E-state index contributed by atoms with van der Waals surface area (Å²) in [6.07, 6.45) is 0. The van der Waals surface area contributed by atoms with Crippen LogP contribution in [0.4, 0.5) is 0 Å². The Kier molecular flexibility index (Phi) is 6.83. The number of hydrogen-bond donors (Lipinski definition) is 0. The molecule has 0 atom stereocenters. The Labute approximate surface area is 152 Å². The van der Waals surface area contributed by atoms with Crippen molar-refractivity contribution in [3.8, 4) is 5.75 Å². The first kappa shape index (κ1) is 18.8. The summed E-state index contributed by atoms with van der Waals surface area (Å²) in [6.45, 7) is 2.26. The zero-order valence-electron chi connectivity index (χ0n) is 14.2. The second kappa shape index (κ2) is 9.08. The van der Waals surface area contributed by atoms with E-state index in [-0.39, 0.29) is 19.1 Å². The van der Waals surface area contributed by atoms with Gasteiger partial charge in [0.15, 0.2) is 0 Å². The maximum Gasteiger partial charge on any atom is 0.325 e. The first-order chi connectivity index (χ1) is 12.0. The standard InChI is InChI=1S/C19H20ClNO4/c1-3-24-18(22)12-21(2)19(23)15-7-5-9-17(11-15)25-13-14-6-4-8-16(20)10-14/h4-11H,3,12-13H2,1-2H3. The van der Waals surface area contributed by atoms with Crippen LogP contribution in [0.1, 0.15) is 22.8 Å². The number of carbonyl (C=O) groups excluding carboxylic acids is 2. The Morgan fingerprint density at radius 1 is 1.12 bits per heavy atom. The summed E-state index contributed by atoms with van der Waals surface area (Å²) in [6, 6.07) is 14.2. The number of hydrogen-bond acceptors (Lipinski definition) is 4. The van der Waals surface area contributed by atoms with E-state index >= 15 is 0 Å². The average molecular weight is 362 g/mol. The van der Waals surface area contributed by atoms with Gasteiger partial charge in [0.1, 0.15) is 18.9 Å². The fourth-order valence-corrected chi connectivity index (χ4v) is 2.42. The van der Waals surface area contributed by atoms with Crippen molar-refractivity contribution < 1.29 is 19.1 Å². The molecule has 0 aliphatic rings. The fourth-order valence-electron chi connectivity index (χ4n) is 2.20. The van der Waals surface area contributed by atoms with Crippen LogP contribution in [-0.2, 0) is 16.1 Å². The van der Waals surface area contributed by atoms with E-state index in [4.69, 9.17) is 21.1 Å². The van der Waals surface area contributed by atoms with E-state index in [0.29, 0.717) is 22.9 Å². The molecule has 0 bridgehead atoms. The smallest absolute Gasteiger partial charge is 0.325 e. The van der Waals surface area contributed by atoms with Gasteiger partial charge in [-0.15, -0.1) is 0 Å². The normalized spacial score (nSPS) is 10.2. The van der Waals surface area contributed by atoms with Gasteiger partial charge < -0.3 is 14.4 Å². The SMILES string of the molecule is CCOC(=O)CN(C)C(=O)c1cccc(OCc2cccc(Cl)c2)c1. The number of amides is 1. The molecule has 0 saturated carbocycles. The van der Waals surface area contributed by atoms with Crippen molar-refractivity contribution in [3.05, 3.63) is 64.7 Å². The molecule has 0 saturated heterocycles. The summed E-state index contributed by atoms with van der Waals surface area (Å²) in [5.41, 5.74) is 1.37. The maximum atomic E-state index is 12.4. The lowest BCUT2D eigenvalue weighted by Crippen LogP contribution is -2.33. The van der Waals surface area contributed by atoms with Crippen LogP contribution in [0.5, 0.6) is 5.75 Å². The minimum atomic E-state index is -0.438. The molecule has 2 aromatic rings. The molecule has 0 fully saturated rings. The van der Waals surface area contributed by atoms with Gasteiger partial charge in [-0.05, 0) is 42.8 Å². The van der Waals surface area contributed by atoms with Crippen LogP contribution < -0.4 is 4.74 Å². The van der Waals surface area contributed by atoms with Crippen LogP contribution in [0.2, 0.25) is 5.02 Å². The highest BCUT2D eigenvalue weighted by Gasteiger charge is 2.16. The lowest BCUT2D eigenvalue weighted by atomic mass is 10.2. The molecule has 0 heterocycles. The molecule has 0 aromatic heterocycles. The molecular weight excluding hydrogens is 342 g/mol. The third-order valence-electron chi connectivity index (χ3n) is 3.39. The minimum absolute atomic E-state index is 0.0970. The lowest BCUT2D eigenvalue weighted by Gasteiger charge is -2.16. The highest BCUT2D eigenvalue weighted by molar-refractivity contribution is 6.30. The number of rotatable bonds is 7. The molecule has 132 valence electrons. The summed E-state index contributed by atoms with van der Waals surface area (Å²) in [7, 11) is 1.55. The molecule has 0 aliphatic carbocycles. The van der Waals surface area contributed by atoms with E-state index in [1.54, 1.807) is 44.3 Å². The van der Waals surface area contributed by atoms with E-state index in [9.17, 15) is 9.59 Å². The molecule has 0 aliphatic heterocycles. The van der Waals surface area contributed by atoms with Crippen LogP contribution in [0, 0.1) is 0 Å². The first-order valence-electron chi connectivity index (χ1n) is 7.88. The van der Waals surface area contributed by atoms with Crippen molar-refractivity contribution in [2.45, 2.75) is 13.5 Å². The molecule has 5 nitrogen and oxygen atoms in total. The largest absolute Gasteiger partial charge is 0.489 e. The first-order valence-corrected chi connectivity index (χ1v) is 8.25. The highest BCUT2D eigenvalue weighted by Crippen LogP contribution is 2.18. The summed E-state index contributed by atoms with van der Waals surface area (Å²) >= 11 is 5.95. The molecule has 0 N–H and O–H groups in total. The van der Waals surface area contributed by atoms with Crippen LogP contribution >= 0.6 is 11.6 Å². The number of ether oxygens (including phenoxy) is 2. The quantitative estimate of drug-likeness (QED) is 0.708. The third-order valence-corrected chi connectivity index (χ3v) is 3.63. The van der Waals surface area contributed by atoms with Crippen molar-refractivity contribution in [2.24, 2.45) is 0 Å². The van der Waals surface area contributed by atoms with Gasteiger partial charge in [0.05, 0.1) is 6.61 Å². The summed E-state index contributed by atoms with van der Waals surface area (Å²) < 4.78 is 10.6. The Hall–Kier alpha value is -2.53. The molecule has 2 rings (SSSR count). The van der Waals surface area contributed by atoms with E-state index in [2.05, 4.69) is 0 Å². The highest BCUT2D eigenvalue weighted by atomic mass is 35.5. The van der Waals surface area contributed by atoms with Crippen molar-refractivity contribution in [2.75, 3.05) is 20.2 Å². The molecule has 0 spiro atoms. The van der Waals surface area contributed by atoms with Crippen molar-refractivity contribution in [3.63, 3.8) is 0 Å². The number of likely N-dealkylation sites (N-methyl/N-ethyl adjacent to an activating group) is 1. The Balaban J connectivity index is 2.00. The molecule has 25 heavy (non-hydrogen) atoms. The van der Waals surface area contributed by atoms with Crippen LogP contribution in [0.15, 0.2) is 48.5 Å². The molecule has 1 amide bonds. The van der Waals surface area contributed by atoms with Crippen LogP contribution in [0.3, 0.4) is 0 Å². The van der Waals surface area contributed by atoms with Gasteiger partial charge in [-0.1, -0.05) is 29.8 Å². The fraction of sp³-hybridized carbons (Fsp3) is 0.263. The van der Waals surface area contributed by atoms with E-state index in [0.717, 1.165) is 5.56 Å². The van der Waals surface area contributed by atoms with Gasteiger partial charge >= 0.3 is 5.97 Å². The van der Waals surface area contributed by atoms with Crippen LogP contribution in [-0.4, -0.2) is 37.0 Å². The molecule has 0 radical (unpaired) electrons. The maximum absolute atomic E-state index is 12.4. The summed E-state index contributed by atoms with van der Waals surface area (Å²) in [5, 5.41) is 0.644. The number of nitrogens with zero attached hydrogens (tertiary/aromatic N) is 1. The number of benzene rings is 2. The van der Waals surface area contributed by atoms with Gasteiger partial charge in [-0.25, -0.2) is 0 Å². The zero-order valence-corrected chi connectivity index (χ0v) is 15.0. The van der Waals surface area contributed by atoms with E-state index < -0.39 is 5.97 Å². The summed E-state index contributed by atoms with van der Waals surface area (Å²) in [5.74, 6) is -0.150. The lowest BCUT2D eigenvalue weighted by molar-refractivity contribution is -0.143. The second-order valence-corrected chi connectivity index (χ2v) is 5.85. The van der Waals surface area contributed by atoms with Gasteiger partial charge in [-0.3, -0.25) is 9.59 Å². The van der Waals surface area contributed by atoms with Crippen molar-refractivity contribution in [1.29, 1.82) is 0 Å². The zero-order chi connectivity index (χ0) is 18.2. The van der Waals surface area contributed by atoms with Crippen LogP contribution in [0.25, 0.3) is 0 Å². The molecule has 2 aromatic carbocycles. The van der Waals surface area contributed by atoms with Crippen molar-refractivity contribution >= 4 is 23.5 Å². The number of halogens is 1. The van der Waals surface area contributed by atoms with Gasteiger partial charge in [0, 0.05) is 17.6 Å². The molecular formula is C19H20ClNO4. The number of esters is 1. The van der Waals surface area contributed by atoms with Gasteiger partial charge in [0.2, 0.25) is 0 Å². The monoisotopic (exact) mass is 361 g/mol. The molecule has 0 unspecified atom stereocenters.